The van der Waals surface area contributed by atoms with Crippen LogP contribution in [0.1, 0.15) is 21.5 Å². The van der Waals surface area contributed by atoms with Gasteiger partial charge in [0, 0.05) is 16.7 Å². The van der Waals surface area contributed by atoms with Gasteiger partial charge in [0.1, 0.15) is 18.2 Å². The van der Waals surface area contributed by atoms with Crippen molar-refractivity contribution in [2.45, 2.75) is 13.2 Å². The summed E-state index contributed by atoms with van der Waals surface area (Å²) in [5.41, 5.74) is 6.21. The molecule has 5 heteroatoms. The summed E-state index contributed by atoms with van der Waals surface area (Å²) in [7, 11) is 0. The average Bonchev–Trinajstić information content (AvgIpc) is 2.46. The predicted molar refractivity (Wildman–Crippen MR) is 71.6 cm³/mol. The summed E-state index contributed by atoms with van der Waals surface area (Å²) in [5, 5.41) is 9.17. The van der Waals surface area contributed by atoms with Gasteiger partial charge < -0.3 is 15.6 Å². The first kappa shape index (κ1) is 14.0. The number of carbonyl (C=O) groups excluding carboxylic acids is 1. The lowest BCUT2D eigenvalue weighted by molar-refractivity contribution is 0.1000. The Morgan fingerprint density at radius 3 is 2.65 bits per heavy atom. The van der Waals surface area contributed by atoms with E-state index in [0.717, 1.165) is 0 Å². The van der Waals surface area contributed by atoms with Crippen LogP contribution in [-0.4, -0.2) is 11.0 Å². The van der Waals surface area contributed by atoms with Gasteiger partial charge in [-0.3, -0.25) is 4.79 Å². The van der Waals surface area contributed by atoms with Crippen molar-refractivity contribution in [1.29, 1.82) is 0 Å². The summed E-state index contributed by atoms with van der Waals surface area (Å²) in [4.78, 5) is 11.1. The molecule has 2 rings (SSSR count). The number of primary amides is 1. The molecular formula is C15H14FNO3. The zero-order valence-corrected chi connectivity index (χ0v) is 10.7. The fraction of sp³-hybridized carbons (Fsp3) is 0.133. The molecule has 0 bridgehead atoms. The van der Waals surface area contributed by atoms with Gasteiger partial charge in [0.05, 0.1) is 6.61 Å². The fourth-order valence-corrected chi connectivity index (χ4v) is 1.77. The molecule has 1 amide bonds. The first-order valence-electron chi connectivity index (χ1n) is 6.01. The van der Waals surface area contributed by atoms with E-state index in [-0.39, 0.29) is 24.3 Å². The number of hydrogen-bond acceptors (Lipinski definition) is 3. The molecule has 0 aliphatic carbocycles. The van der Waals surface area contributed by atoms with E-state index in [9.17, 15) is 14.3 Å². The normalized spacial score (nSPS) is 10.3. The van der Waals surface area contributed by atoms with E-state index in [0.29, 0.717) is 11.3 Å². The molecule has 0 aliphatic rings. The molecule has 20 heavy (non-hydrogen) atoms. The van der Waals surface area contributed by atoms with Crippen LogP contribution in [0.4, 0.5) is 4.39 Å². The van der Waals surface area contributed by atoms with Gasteiger partial charge in [-0.15, -0.1) is 0 Å². The second-order valence-electron chi connectivity index (χ2n) is 4.22. The highest BCUT2D eigenvalue weighted by Gasteiger charge is 2.09. The number of carbonyl (C=O) groups is 1. The van der Waals surface area contributed by atoms with Crippen LogP contribution in [0.15, 0.2) is 42.5 Å². The summed E-state index contributed by atoms with van der Waals surface area (Å²) in [6.45, 7) is -0.218. The van der Waals surface area contributed by atoms with Crippen LogP contribution in [0.5, 0.6) is 5.75 Å². The van der Waals surface area contributed by atoms with Gasteiger partial charge in [0.25, 0.3) is 0 Å². The van der Waals surface area contributed by atoms with Gasteiger partial charge >= 0.3 is 0 Å². The number of aliphatic hydroxyl groups excluding tert-OH is 1. The topological polar surface area (TPSA) is 72.6 Å². The Hall–Kier alpha value is -2.40. The standard InChI is InChI=1S/C15H14FNO3/c16-13-6-5-10(15(17)19)7-12(13)9-20-14-4-2-1-3-11(14)8-18/h1-7,18H,8-9H2,(H2,17,19). The Kier molecular flexibility index (Phi) is 4.32. The van der Waals surface area contributed by atoms with Crippen molar-refractivity contribution in [3.05, 3.63) is 65.0 Å². The Bertz CT molecular complexity index is 628. The first-order valence-corrected chi connectivity index (χ1v) is 6.01. The number of rotatable bonds is 5. The molecule has 0 aliphatic heterocycles. The lowest BCUT2D eigenvalue weighted by atomic mass is 10.1. The summed E-state index contributed by atoms with van der Waals surface area (Å²) in [6.07, 6.45) is 0. The maximum absolute atomic E-state index is 13.6. The molecule has 0 radical (unpaired) electrons. The molecule has 4 nitrogen and oxygen atoms in total. The zero-order valence-electron chi connectivity index (χ0n) is 10.7. The third kappa shape index (κ3) is 3.13. The van der Waals surface area contributed by atoms with Crippen molar-refractivity contribution in [1.82, 2.24) is 0 Å². The van der Waals surface area contributed by atoms with E-state index in [1.165, 1.54) is 18.2 Å². The van der Waals surface area contributed by atoms with Gasteiger partial charge in [0.15, 0.2) is 0 Å². The van der Waals surface area contributed by atoms with Crippen LogP contribution in [0.25, 0.3) is 0 Å². The number of para-hydroxylation sites is 1. The van der Waals surface area contributed by atoms with Gasteiger partial charge in [-0.2, -0.15) is 0 Å². The molecule has 0 unspecified atom stereocenters. The van der Waals surface area contributed by atoms with Crippen LogP contribution < -0.4 is 10.5 Å². The van der Waals surface area contributed by atoms with E-state index >= 15 is 0 Å². The van der Waals surface area contributed by atoms with Crippen LogP contribution in [0.2, 0.25) is 0 Å². The van der Waals surface area contributed by atoms with Crippen LogP contribution in [0.3, 0.4) is 0 Å². The Morgan fingerprint density at radius 1 is 1.20 bits per heavy atom. The third-order valence-corrected chi connectivity index (χ3v) is 2.86. The molecule has 0 heterocycles. The van der Waals surface area contributed by atoms with Crippen molar-refractivity contribution in [3.63, 3.8) is 0 Å². The number of amides is 1. The number of aliphatic hydroxyl groups is 1. The summed E-state index contributed by atoms with van der Waals surface area (Å²) >= 11 is 0. The molecule has 2 aromatic rings. The SMILES string of the molecule is NC(=O)c1ccc(F)c(COc2ccccc2CO)c1. The number of ether oxygens (including phenoxy) is 1. The maximum atomic E-state index is 13.6. The number of benzene rings is 2. The van der Waals surface area contributed by atoms with Gasteiger partial charge in [-0.25, -0.2) is 4.39 Å². The van der Waals surface area contributed by atoms with Crippen LogP contribution >= 0.6 is 0 Å². The Balaban J connectivity index is 2.18. The second kappa shape index (κ2) is 6.16. The minimum atomic E-state index is -0.623. The molecule has 0 aromatic heterocycles. The predicted octanol–water partition coefficient (Wildman–Crippen LogP) is 2.00. The van der Waals surface area contributed by atoms with Crippen molar-refractivity contribution in [3.8, 4) is 5.75 Å². The molecule has 0 fully saturated rings. The fourth-order valence-electron chi connectivity index (χ4n) is 1.77. The number of nitrogens with two attached hydrogens (primary N) is 1. The Labute approximate surface area is 115 Å². The molecule has 104 valence electrons. The highest BCUT2D eigenvalue weighted by molar-refractivity contribution is 5.92. The molecular weight excluding hydrogens is 261 g/mol. The van der Waals surface area contributed by atoms with E-state index in [1.54, 1.807) is 24.3 Å². The smallest absolute Gasteiger partial charge is 0.248 e. The summed E-state index contributed by atoms with van der Waals surface area (Å²) in [6, 6.07) is 10.8. The van der Waals surface area contributed by atoms with E-state index in [2.05, 4.69) is 0 Å². The van der Waals surface area contributed by atoms with E-state index < -0.39 is 11.7 Å². The van der Waals surface area contributed by atoms with Crippen molar-refractivity contribution in [2.24, 2.45) is 5.73 Å². The minimum Gasteiger partial charge on any atom is -0.488 e. The minimum absolute atomic E-state index is 0.0516. The van der Waals surface area contributed by atoms with Crippen LogP contribution in [-0.2, 0) is 13.2 Å². The second-order valence-corrected chi connectivity index (χ2v) is 4.22. The van der Waals surface area contributed by atoms with E-state index in [4.69, 9.17) is 10.5 Å². The molecule has 0 saturated carbocycles. The molecule has 0 atom stereocenters. The number of hydrogen-bond donors (Lipinski definition) is 2. The quantitative estimate of drug-likeness (QED) is 0.876. The summed E-state index contributed by atoms with van der Waals surface area (Å²) in [5.74, 6) is -0.627. The molecule has 0 spiro atoms. The van der Waals surface area contributed by atoms with Crippen molar-refractivity contribution >= 4 is 5.91 Å². The van der Waals surface area contributed by atoms with E-state index in [1.807, 2.05) is 0 Å². The summed E-state index contributed by atoms with van der Waals surface area (Å²) < 4.78 is 19.1. The molecule has 2 aromatic carbocycles. The van der Waals surface area contributed by atoms with Crippen LogP contribution in [0, 0.1) is 5.82 Å². The van der Waals surface area contributed by atoms with Gasteiger partial charge in [0.2, 0.25) is 5.91 Å². The van der Waals surface area contributed by atoms with Crippen molar-refractivity contribution < 1.29 is 19.0 Å². The highest BCUT2D eigenvalue weighted by Crippen LogP contribution is 2.20. The van der Waals surface area contributed by atoms with Gasteiger partial charge in [-0.1, -0.05) is 18.2 Å². The maximum Gasteiger partial charge on any atom is 0.248 e. The highest BCUT2D eigenvalue weighted by atomic mass is 19.1. The lowest BCUT2D eigenvalue weighted by Gasteiger charge is -2.11. The zero-order chi connectivity index (χ0) is 14.5. The number of halogens is 1. The largest absolute Gasteiger partial charge is 0.488 e. The van der Waals surface area contributed by atoms with Gasteiger partial charge in [-0.05, 0) is 24.3 Å². The lowest BCUT2D eigenvalue weighted by Crippen LogP contribution is -2.12. The third-order valence-electron chi connectivity index (χ3n) is 2.86. The first-order chi connectivity index (χ1) is 9.61. The Morgan fingerprint density at radius 2 is 1.95 bits per heavy atom. The molecule has 3 N–H and O–H groups in total. The molecule has 0 saturated heterocycles. The van der Waals surface area contributed by atoms with Crippen molar-refractivity contribution in [2.75, 3.05) is 0 Å². The average molecular weight is 275 g/mol. The monoisotopic (exact) mass is 275 g/mol.